The minimum absolute atomic E-state index is 0.0371. The number of fused-ring (bicyclic) bond motifs is 1. The molecule has 8 heteroatoms. The maximum atomic E-state index is 12.7. The Morgan fingerprint density at radius 2 is 1.96 bits per heavy atom. The summed E-state index contributed by atoms with van der Waals surface area (Å²) in [6, 6.07) is 5.30. The minimum Gasteiger partial charge on any atom is -0.454 e. The summed E-state index contributed by atoms with van der Waals surface area (Å²) >= 11 is 0. The van der Waals surface area contributed by atoms with Gasteiger partial charge in [-0.05, 0) is 30.5 Å². The molecule has 8 nitrogen and oxygen atoms in total. The van der Waals surface area contributed by atoms with E-state index in [2.05, 4.69) is 10.3 Å². The molecule has 2 N–H and O–H groups in total. The van der Waals surface area contributed by atoms with E-state index in [0.29, 0.717) is 17.1 Å². The fourth-order valence-electron chi connectivity index (χ4n) is 3.37. The molecule has 2 aliphatic rings. The van der Waals surface area contributed by atoms with Crippen LogP contribution in [0.1, 0.15) is 41.6 Å². The lowest BCUT2D eigenvalue weighted by Gasteiger charge is -2.12. The highest BCUT2D eigenvalue weighted by Gasteiger charge is 2.21. The molecule has 1 aliphatic carbocycles. The Labute approximate surface area is 148 Å². The van der Waals surface area contributed by atoms with Crippen molar-refractivity contribution in [3.05, 3.63) is 56.4 Å². The van der Waals surface area contributed by atoms with Crippen molar-refractivity contribution >= 4 is 5.91 Å². The van der Waals surface area contributed by atoms with E-state index in [-0.39, 0.29) is 24.9 Å². The van der Waals surface area contributed by atoms with Crippen LogP contribution in [0.15, 0.2) is 34.0 Å². The number of H-pyrrole nitrogens is 1. The normalized spacial score (nSPS) is 16.0. The number of carbonyl (C=O) groups excluding carboxylic acids is 1. The Kier molecular flexibility index (Phi) is 4.24. The van der Waals surface area contributed by atoms with E-state index in [0.717, 1.165) is 30.3 Å². The van der Waals surface area contributed by atoms with Gasteiger partial charge in [-0.2, -0.15) is 0 Å². The van der Waals surface area contributed by atoms with E-state index in [4.69, 9.17) is 9.47 Å². The number of ether oxygens (including phenoxy) is 2. The molecule has 0 bridgehead atoms. The number of rotatable bonds is 4. The van der Waals surface area contributed by atoms with Crippen molar-refractivity contribution in [1.29, 1.82) is 0 Å². The molecule has 0 radical (unpaired) electrons. The number of amides is 1. The molecule has 1 amide bonds. The lowest BCUT2D eigenvalue weighted by Crippen LogP contribution is -2.42. The number of benzene rings is 1. The lowest BCUT2D eigenvalue weighted by molar-refractivity contribution is 0.0935. The molecule has 1 saturated carbocycles. The van der Waals surface area contributed by atoms with Crippen molar-refractivity contribution in [2.45, 2.75) is 38.3 Å². The number of aromatic nitrogens is 2. The quantitative estimate of drug-likeness (QED) is 0.849. The van der Waals surface area contributed by atoms with E-state index < -0.39 is 17.2 Å². The van der Waals surface area contributed by atoms with Gasteiger partial charge in [0.1, 0.15) is 5.56 Å². The molecule has 0 saturated heterocycles. The summed E-state index contributed by atoms with van der Waals surface area (Å²) in [5.74, 6) is 0.749. The molecule has 1 fully saturated rings. The molecule has 4 rings (SSSR count). The molecule has 2 aromatic rings. The maximum Gasteiger partial charge on any atom is 0.328 e. The van der Waals surface area contributed by atoms with E-state index >= 15 is 0 Å². The van der Waals surface area contributed by atoms with Crippen LogP contribution >= 0.6 is 0 Å². The number of aromatic amines is 1. The second-order valence-electron chi connectivity index (χ2n) is 6.54. The van der Waals surface area contributed by atoms with Crippen molar-refractivity contribution in [2.24, 2.45) is 0 Å². The first-order valence-corrected chi connectivity index (χ1v) is 8.64. The highest BCUT2D eigenvalue weighted by atomic mass is 16.7. The lowest BCUT2D eigenvalue weighted by atomic mass is 10.2. The van der Waals surface area contributed by atoms with E-state index in [1.54, 1.807) is 18.2 Å². The number of hydrogen-bond acceptors (Lipinski definition) is 5. The highest BCUT2D eigenvalue weighted by molar-refractivity contribution is 5.93. The van der Waals surface area contributed by atoms with Crippen LogP contribution in [0.5, 0.6) is 11.5 Å². The van der Waals surface area contributed by atoms with Crippen molar-refractivity contribution < 1.29 is 14.3 Å². The number of nitrogens with zero attached hydrogens (tertiary/aromatic N) is 1. The predicted octanol–water partition coefficient (Wildman–Crippen LogP) is 0.986. The summed E-state index contributed by atoms with van der Waals surface area (Å²) in [4.78, 5) is 39.7. The Hall–Kier alpha value is -3.03. The first-order valence-electron chi connectivity index (χ1n) is 8.64. The Morgan fingerprint density at radius 3 is 2.77 bits per heavy atom. The van der Waals surface area contributed by atoms with Crippen LogP contribution in [0.25, 0.3) is 0 Å². The molecular formula is C18H19N3O5. The minimum atomic E-state index is -0.609. The number of nitrogens with one attached hydrogen (secondary N) is 2. The average Bonchev–Trinajstić information content (AvgIpc) is 3.29. The van der Waals surface area contributed by atoms with Gasteiger partial charge in [-0.25, -0.2) is 4.79 Å². The summed E-state index contributed by atoms with van der Waals surface area (Å²) in [7, 11) is 0. The van der Waals surface area contributed by atoms with Crippen molar-refractivity contribution in [3.8, 4) is 11.5 Å². The van der Waals surface area contributed by atoms with Crippen LogP contribution in [0, 0.1) is 0 Å². The van der Waals surface area contributed by atoms with Gasteiger partial charge in [-0.3, -0.25) is 14.2 Å². The zero-order valence-corrected chi connectivity index (χ0v) is 14.1. The second kappa shape index (κ2) is 6.70. The van der Waals surface area contributed by atoms with Crippen molar-refractivity contribution in [2.75, 3.05) is 6.79 Å². The molecule has 0 atom stereocenters. The third-order valence-corrected chi connectivity index (χ3v) is 4.77. The molecule has 0 spiro atoms. The van der Waals surface area contributed by atoms with Crippen LogP contribution in [0.3, 0.4) is 0 Å². The van der Waals surface area contributed by atoms with Crippen LogP contribution in [-0.2, 0) is 6.54 Å². The smallest absolute Gasteiger partial charge is 0.328 e. The largest absolute Gasteiger partial charge is 0.454 e. The molecule has 1 aliphatic heterocycles. The molecule has 1 aromatic heterocycles. The highest BCUT2D eigenvalue weighted by Crippen LogP contribution is 2.32. The monoisotopic (exact) mass is 357 g/mol. The van der Waals surface area contributed by atoms with Gasteiger partial charge in [0.2, 0.25) is 6.79 Å². The van der Waals surface area contributed by atoms with E-state index in [1.165, 1.54) is 6.20 Å². The van der Waals surface area contributed by atoms with Gasteiger partial charge >= 0.3 is 5.69 Å². The summed E-state index contributed by atoms with van der Waals surface area (Å²) < 4.78 is 11.6. The summed E-state index contributed by atoms with van der Waals surface area (Å²) in [5, 5.41) is 2.87. The van der Waals surface area contributed by atoms with Gasteiger partial charge in [0, 0.05) is 12.2 Å². The standard InChI is InChI=1S/C18H19N3O5/c22-16(20-12-3-1-2-4-12)13-8-19-18(24)21(17(13)23)9-11-5-6-14-15(7-11)26-10-25-14/h5-8,12H,1-4,9-10H2,(H,19,24)(H,20,22). The zero-order valence-electron chi connectivity index (χ0n) is 14.1. The van der Waals surface area contributed by atoms with Crippen LogP contribution < -0.4 is 26.0 Å². The topological polar surface area (TPSA) is 102 Å². The van der Waals surface area contributed by atoms with Gasteiger partial charge in [0.05, 0.1) is 6.54 Å². The van der Waals surface area contributed by atoms with Crippen LogP contribution in [0.2, 0.25) is 0 Å². The Bertz CT molecular complexity index is 956. The third-order valence-electron chi connectivity index (χ3n) is 4.77. The van der Waals surface area contributed by atoms with Crippen molar-refractivity contribution in [1.82, 2.24) is 14.9 Å². The average molecular weight is 357 g/mol. The van der Waals surface area contributed by atoms with Gasteiger partial charge in [0.15, 0.2) is 11.5 Å². The second-order valence-corrected chi connectivity index (χ2v) is 6.54. The van der Waals surface area contributed by atoms with E-state index in [9.17, 15) is 14.4 Å². The summed E-state index contributed by atoms with van der Waals surface area (Å²) in [6.45, 7) is 0.186. The van der Waals surface area contributed by atoms with Gasteiger partial charge in [0.25, 0.3) is 11.5 Å². The zero-order chi connectivity index (χ0) is 18.1. The molecule has 2 heterocycles. The summed E-state index contributed by atoms with van der Waals surface area (Å²) in [5.41, 5.74) is -0.528. The van der Waals surface area contributed by atoms with Gasteiger partial charge < -0.3 is 19.8 Å². The molecule has 26 heavy (non-hydrogen) atoms. The van der Waals surface area contributed by atoms with Crippen LogP contribution in [-0.4, -0.2) is 28.3 Å². The summed E-state index contributed by atoms with van der Waals surface area (Å²) in [6.07, 6.45) is 5.17. The molecule has 1 aromatic carbocycles. The van der Waals surface area contributed by atoms with Gasteiger partial charge in [-0.1, -0.05) is 18.9 Å². The Morgan fingerprint density at radius 1 is 1.19 bits per heavy atom. The predicted molar refractivity (Wildman–Crippen MR) is 92.7 cm³/mol. The van der Waals surface area contributed by atoms with Gasteiger partial charge in [-0.15, -0.1) is 0 Å². The fraction of sp³-hybridized carbons (Fsp3) is 0.389. The fourth-order valence-corrected chi connectivity index (χ4v) is 3.37. The first kappa shape index (κ1) is 16.4. The SMILES string of the molecule is O=C(NC1CCCC1)c1c[nH]c(=O)n(Cc2ccc3c(c2)OCO3)c1=O. The maximum absolute atomic E-state index is 12.7. The van der Waals surface area contributed by atoms with E-state index in [1.807, 2.05) is 0 Å². The molecular weight excluding hydrogens is 338 g/mol. The molecule has 0 unspecified atom stereocenters. The van der Waals surface area contributed by atoms with Crippen LogP contribution in [0.4, 0.5) is 0 Å². The van der Waals surface area contributed by atoms with Crippen molar-refractivity contribution in [3.63, 3.8) is 0 Å². The third kappa shape index (κ3) is 3.10. The first-order chi connectivity index (χ1) is 12.6. The molecule has 136 valence electrons. The number of hydrogen-bond donors (Lipinski definition) is 2. The Balaban J connectivity index is 1.60. The number of carbonyl (C=O) groups is 1.